The van der Waals surface area contributed by atoms with Crippen LogP contribution in [0, 0.1) is 5.82 Å². The quantitative estimate of drug-likeness (QED) is 0.786. The number of carbonyl (C=O) groups excluding carboxylic acids is 1. The number of nitrogens with one attached hydrogen (secondary N) is 1. The van der Waals surface area contributed by atoms with Crippen molar-refractivity contribution in [3.05, 3.63) is 40.6 Å². The van der Waals surface area contributed by atoms with Gasteiger partial charge in [0.15, 0.2) is 0 Å². The maximum absolute atomic E-state index is 13.1. The van der Waals surface area contributed by atoms with Crippen molar-refractivity contribution >= 4 is 28.6 Å². The second kappa shape index (κ2) is 4.28. The van der Waals surface area contributed by atoms with E-state index in [4.69, 9.17) is 5.73 Å². The fraction of sp³-hybridized carbons (Fsp3) is 0. The molecule has 2 aromatic rings. The Morgan fingerprint density at radius 3 is 2.94 bits per heavy atom. The molecule has 82 valence electrons. The van der Waals surface area contributed by atoms with E-state index in [1.54, 1.807) is 10.9 Å². The highest BCUT2D eigenvalue weighted by molar-refractivity contribution is 7.07. The van der Waals surface area contributed by atoms with E-state index in [9.17, 15) is 9.18 Å². The molecule has 16 heavy (non-hydrogen) atoms. The fourth-order valence-corrected chi connectivity index (χ4v) is 1.66. The largest absolute Gasteiger partial charge is 0.396 e. The molecule has 0 spiro atoms. The molecule has 2 rings (SSSR count). The summed E-state index contributed by atoms with van der Waals surface area (Å²) in [5, 5.41) is 4.14. The zero-order chi connectivity index (χ0) is 11.5. The van der Waals surface area contributed by atoms with Gasteiger partial charge in [-0.25, -0.2) is 9.37 Å². The van der Waals surface area contributed by atoms with Gasteiger partial charge >= 0.3 is 0 Å². The van der Waals surface area contributed by atoms with E-state index in [2.05, 4.69) is 10.3 Å². The molecule has 0 saturated heterocycles. The number of nitrogens with two attached hydrogens (primary N) is 1. The molecule has 0 aliphatic carbocycles. The Morgan fingerprint density at radius 1 is 1.50 bits per heavy atom. The van der Waals surface area contributed by atoms with Crippen LogP contribution in [0.5, 0.6) is 0 Å². The van der Waals surface area contributed by atoms with E-state index in [1.165, 1.54) is 29.5 Å². The van der Waals surface area contributed by atoms with Crippen LogP contribution in [-0.2, 0) is 0 Å². The number of nitrogen functional groups attached to an aromatic ring is 1. The molecule has 0 bridgehead atoms. The fourth-order valence-electron chi connectivity index (χ4n) is 1.12. The van der Waals surface area contributed by atoms with Crippen molar-refractivity contribution in [1.29, 1.82) is 0 Å². The maximum atomic E-state index is 13.1. The lowest BCUT2D eigenvalue weighted by molar-refractivity contribution is 0.102. The topological polar surface area (TPSA) is 68.0 Å². The van der Waals surface area contributed by atoms with Crippen molar-refractivity contribution in [3.63, 3.8) is 0 Å². The molecule has 0 aliphatic heterocycles. The summed E-state index contributed by atoms with van der Waals surface area (Å²) in [5.41, 5.74) is 7.58. The van der Waals surface area contributed by atoms with E-state index in [-0.39, 0.29) is 11.6 Å². The summed E-state index contributed by atoms with van der Waals surface area (Å²) in [6, 6.07) is 4.09. The van der Waals surface area contributed by atoms with Gasteiger partial charge in [0.1, 0.15) is 11.5 Å². The number of carbonyl (C=O) groups is 1. The lowest BCUT2D eigenvalue weighted by Gasteiger charge is -2.04. The Kier molecular flexibility index (Phi) is 2.82. The van der Waals surface area contributed by atoms with Crippen molar-refractivity contribution in [2.45, 2.75) is 0 Å². The molecule has 0 radical (unpaired) electrons. The molecule has 0 aliphatic rings. The highest BCUT2D eigenvalue weighted by Crippen LogP contribution is 2.16. The minimum atomic E-state index is -0.559. The third-order valence-electron chi connectivity index (χ3n) is 1.92. The molecular formula is C10H8FN3OS. The van der Waals surface area contributed by atoms with Crippen LogP contribution in [-0.4, -0.2) is 10.9 Å². The number of amides is 1. The van der Waals surface area contributed by atoms with Crippen molar-refractivity contribution in [1.82, 2.24) is 4.98 Å². The molecule has 6 heteroatoms. The van der Waals surface area contributed by atoms with Gasteiger partial charge in [0.25, 0.3) is 5.91 Å². The summed E-state index contributed by atoms with van der Waals surface area (Å²) in [5.74, 6) is -0.929. The Bertz CT molecular complexity index is 513. The number of hydrogen-bond acceptors (Lipinski definition) is 4. The molecule has 0 saturated carbocycles. The van der Waals surface area contributed by atoms with Crippen LogP contribution in [0.25, 0.3) is 0 Å². The number of halogens is 1. The highest BCUT2D eigenvalue weighted by atomic mass is 32.1. The normalized spacial score (nSPS) is 10.1. The van der Waals surface area contributed by atoms with Gasteiger partial charge in [-0.2, -0.15) is 0 Å². The highest BCUT2D eigenvalue weighted by Gasteiger charge is 2.08. The van der Waals surface area contributed by atoms with Crippen LogP contribution >= 0.6 is 11.3 Å². The molecule has 1 aromatic carbocycles. The minimum absolute atomic E-state index is 0.0478. The van der Waals surface area contributed by atoms with Crippen molar-refractivity contribution in [3.8, 4) is 0 Å². The number of aromatic nitrogens is 1. The van der Waals surface area contributed by atoms with Gasteiger partial charge in [-0.3, -0.25) is 4.79 Å². The second-order valence-corrected chi connectivity index (χ2v) is 3.78. The number of rotatable bonds is 2. The lowest BCUT2D eigenvalue weighted by Crippen LogP contribution is -2.12. The molecule has 3 N–H and O–H groups in total. The molecular weight excluding hydrogens is 229 g/mol. The first-order chi connectivity index (χ1) is 7.66. The van der Waals surface area contributed by atoms with Gasteiger partial charge < -0.3 is 11.1 Å². The molecule has 1 heterocycles. The Hall–Kier alpha value is -1.95. The number of anilines is 2. The van der Waals surface area contributed by atoms with Crippen LogP contribution in [0.15, 0.2) is 29.1 Å². The molecule has 1 aromatic heterocycles. The van der Waals surface area contributed by atoms with Crippen LogP contribution < -0.4 is 11.1 Å². The predicted octanol–water partition coefficient (Wildman–Crippen LogP) is 2.12. The second-order valence-electron chi connectivity index (χ2n) is 3.06. The molecule has 0 unspecified atom stereocenters. The summed E-state index contributed by atoms with van der Waals surface area (Å²) < 4.78 is 13.1. The van der Waals surface area contributed by atoms with Gasteiger partial charge in [0.2, 0.25) is 0 Å². The van der Waals surface area contributed by atoms with Gasteiger partial charge in [-0.15, -0.1) is 11.3 Å². The average molecular weight is 237 g/mol. The van der Waals surface area contributed by atoms with Gasteiger partial charge in [0, 0.05) is 11.1 Å². The maximum Gasteiger partial charge on any atom is 0.275 e. The third-order valence-corrected chi connectivity index (χ3v) is 2.51. The van der Waals surface area contributed by atoms with Crippen LogP contribution in [0.3, 0.4) is 0 Å². The van der Waals surface area contributed by atoms with E-state index in [0.717, 1.165) is 0 Å². The smallest absolute Gasteiger partial charge is 0.275 e. The van der Waals surface area contributed by atoms with Gasteiger partial charge in [0.05, 0.1) is 11.2 Å². The van der Waals surface area contributed by atoms with Crippen LogP contribution in [0.1, 0.15) is 10.5 Å². The van der Waals surface area contributed by atoms with Crippen LogP contribution in [0.4, 0.5) is 15.8 Å². The first-order valence-electron chi connectivity index (χ1n) is 4.41. The molecule has 4 nitrogen and oxygen atoms in total. The van der Waals surface area contributed by atoms with Crippen molar-refractivity contribution in [2.24, 2.45) is 0 Å². The summed E-state index contributed by atoms with van der Waals surface area (Å²) in [4.78, 5) is 15.4. The number of nitrogens with zero attached hydrogens (tertiary/aromatic N) is 1. The molecule has 1 amide bonds. The summed E-state index contributed by atoms with van der Waals surface area (Å²) in [7, 11) is 0. The van der Waals surface area contributed by atoms with Gasteiger partial charge in [-0.1, -0.05) is 0 Å². The molecule has 0 atom stereocenters. The lowest BCUT2D eigenvalue weighted by atomic mass is 10.2. The zero-order valence-electron chi connectivity index (χ0n) is 8.11. The predicted molar refractivity (Wildman–Crippen MR) is 60.9 cm³/mol. The Morgan fingerprint density at radius 2 is 2.31 bits per heavy atom. The average Bonchev–Trinajstić information content (AvgIpc) is 2.77. The first-order valence-corrected chi connectivity index (χ1v) is 5.35. The van der Waals surface area contributed by atoms with E-state index in [0.29, 0.717) is 11.4 Å². The third kappa shape index (κ3) is 2.17. The van der Waals surface area contributed by atoms with E-state index in [1.807, 2.05) is 0 Å². The zero-order valence-corrected chi connectivity index (χ0v) is 8.92. The number of benzene rings is 1. The van der Waals surface area contributed by atoms with Gasteiger partial charge in [-0.05, 0) is 18.2 Å². The molecule has 0 fully saturated rings. The minimum Gasteiger partial charge on any atom is -0.396 e. The van der Waals surface area contributed by atoms with Crippen molar-refractivity contribution in [2.75, 3.05) is 11.1 Å². The standard InChI is InChI=1S/C10H8FN3OS/c11-7-3-6(1-2-8(7)12)14-10(15)9-4-16-5-13-9/h1-5H,12H2,(H,14,15). The summed E-state index contributed by atoms with van der Waals surface area (Å²) in [6.45, 7) is 0. The van der Waals surface area contributed by atoms with Crippen molar-refractivity contribution < 1.29 is 9.18 Å². The Labute approximate surface area is 94.9 Å². The Balaban J connectivity index is 2.15. The monoisotopic (exact) mass is 237 g/mol. The number of thiazole rings is 1. The summed E-state index contributed by atoms with van der Waals surface area (Å²) >= 11 is 1.32. The van der Waals surface area contributed by atoms with E-state index < -0.39 is 5.82 Å². The van der Waals surface area contributed by atoms with E-state index >= 15 is 0 Å². The first kappa shape index (κ1) is 10.6. The number of hydrogen-bond donors (Lipinski definition) is 2. The SMILES string of the molecule is Nc1ccc(NC(=O)c2cscn2)cc1F. The van der Waals surface area contributed by atoms with Crippen LogP contribution in [0.2, 0.25) is 0 Å². The summed E-state index contributed by atoms with van der Waals surface area (Å²) in [6.07, 6.45) is 0.